The lowest BCUT2D eigenvalue weighted by atomic mass is 10.0. The van der Waals surface area contributed by atoms with Gasteiger partial charge in [0.1, 0.15) is 0 Å². The fourth-order valence-electron chi connectivity index (χ4n) is 1.90. The molecule has 1 aromatic carbocycles. The first-order valence-electron chi connectivity index (χ1n) is 5.57. The van der Waals surface area contributed by atoms with Crippen LogP contribution >= 0.6 is 11.6 Å². The largest absolute Gasteiger partial charge is 0.392 e. The van der Waals surface area contributed by atoms with E-state index in [1.165, 1.54) is 0 Å². The van der Waals surface area contributed by atoms with Gasteiger partial charge in [-0.1, -0.05) is 23.7 Å². The fraction of sp³-hybridized carbons (Fsp3) is 0.308. The van der Waals surface area contributed by atoms with Crippen molar-refractivity contribution in [1.29, 1.82) is 0 Å². The van der Waals surface area contributed by atoms with Gasteiger partial charge in [-0.05, 0) is 26.0 Å². The van der Waals surface area contributed by atoms with Crippen LogP contribution in [0.5, 0.6) is 0 Å². The molecule has 0 bridgehead atoms. The summed E-state index contributed by atoms with van der Waals surface area (Å²) in [6.45, 7) is 4.07. The molecule has 0 saturated carbocycles. The van der Waals surface area contributed by atoms with E-state index < -0.39 is 0 Å². The third-order valence-electron chi connectivity index (χ3n) is 2.71. The second-order valence-corrected chi connectivity index (χ2v) is 4.59. The number of halogens is 1. The molecule has 0 saturated heterocycles. The average Bonchev–Trinajstić information content (AvgIpc) is 2.77. The predicted molar refractivity (Wildman–Crippen MR) is 69.0 cm³/mol. The first-order chi connectivity index (χ1) is 8.15. The van der Waals surface area contributed by atoms with Crippen molar-refractivity contribution in [2.75, 3.05) is 0 Å². The monoisotopic (exact) mass is 250 g/mol. The molecule has 17 heavy (non-hydrogen) atoms. The smallest absolute Gasteiger partial charge is 0.0703 e. The van der Waals surface area contributed by atoms with Crippen LogP contribution in [0.4, 0.5) is 0 Å². The molecule has 0 aliphatic heterocycles. The molecular formula is C13H15ClN2O. The number of hydrogen-bond donors (Lipinski definition) is 1. The van der Waals surface area contributed by atoms with Crippen LogP contribution in [0.25, 0.3) is 11.3 Å². The quantitative estimate of drug-likeness (QED) is 0.908. The molecule has 1 heterocycles. The van der Waals surface area contributed by atoms with E-state index in [0.29, 0.717) is 5.02 Å². The van der Waals surface area contributed by atoms with Crippen LogP contribution < -0.4 is 0 Å². The van der Waals surface area contributed by atoms with Crippen molar-refractivity contribution in [3.63, 3.8) is 0 Å². The minimum Gasteiger partial charge on any atom is -0.392 e. The van der Waals surface area contributed by atoms with Crippen LogP contribution in [0.2, 0.25) is 5.02 Å². The molecular weight excluding hydrogens is 236 g/mol. The van der Waals surface area contributed by atoms with E-state index >= 15 is 0 Å². The molecule has 0 aliphatic rings. The summed E-state index contributed by atoms with van der Waals surface area (Å²) >= 11 is 6.09. The summed E-state index contributed by atoms with van der Waals surface area (Å²) in [7, 11) is 0. The predicted octanol–water partition coefficient (Wildman–Crippen LogP) is 3.28. The van der Waals surface area contributed by atoms with Gasteiger partial charge in [0.15, 0.2) is 0 Å². The lowest BCUT2D eigenvalue weighted by molar-refractivity contribution is 0.282. The Morgan fingerprint density at radius 2 is 2.12 bits per heavy atom. The molecule has 0 fully saturated rings. The van der Waals surface area contributed by atoms with Gasteiger partial charge in [0.05, 0.1) is 12.3 Å². The maximum atomic E-state index is 9.41. The second kappa shape index (κ2) is 4.90. The SMILES string of the molecule is CC(C)n1nccc1-c1cccc(Cl)c1CO. The molecule has 2 rings (SSSR count). The molecule has 0 unspecified atom stereocenters. The second-order valence-electron chi connectivity index (χ2n) is 4.18. The van der Waals surface area contributed by atoms with Gasteiger partial charge in [-0.25, -0.2) is 0 Å². The van der Waals surface area contributed by atoms with Gasteiger partial charge in [-0.3, -0.25) is 4.68 Å². The minimum absolute atomic E-state index is 0.0711. The van der Waals surface area contributed by atoms with Gasteiger partial charge >= 0.3 is 0 Å². The third kappa shape index (κ3) is 2.21. The molecule has 0 spiro atoms. The Morgan fingerprint density at radius 3 is 2.76 bits per heavy atom. The van der Waals surface area contributed by atoms with Crippen molar-refractivity contribution in [2.45, 2.75) is 26.5 Å². The maximum Gasteiger partial charge on any atom is 0.0703 e. The van der Waals surface area contributed by atoms with Crippen molar-refractivity contribution in [1.82, 2.24) is 9.78 Å². The van der Waals surface area contributed by atoms with E-state index in [1.54, 1.807) is 12.3 Å². The number of aliphatic hydroxyl groups excluding tert-OH is 1. The van der Waals surface area contributed by atoms with Gasteiger partial charge < -0.3 is 5.11 Å². The van der Waals surface area contributed by atoms with Crippen LogP contribution in [0, 0.1) is 0 Å². The summed E-state index contributed by atoms with van der Waals surface area (Å²) in [5.41, 5.74) is 2.66. The molecule has 0 radical (unpaired) electrons. The Kier molecular flexibility index (Phi) is 3.50. The van der Waals surface area contributed by atoms with E-state index in [0.717, 1.165) is 16.8 Å². The molecule has 90 valence electrons. The summed E-state index contributed by atoms with van der Waals surface area (Å²) in [5.74, 6) is 0. The lowest BCUT2D eigenvalue weighted by Crippen LogP contribution is -2.05. The molecule has 2 aromatic rings. The van der Waals surface area contributed by atoms with Gasteiger partial charge in [-0.15, -0.1) is 0 Å². The molecule has 0 atom stereocenters. The molecule has 4 heteroatoms. The van der Waals surface area contributed by atoms with Gasteiger partial charge in [0, 0.05) is 28.4 Å². The highest BCUT2D eigenvalue weighted by atomic mass is 35.5. The number of aliphatic hydroxyl groups is 1. The zero-order chi connectivity index (χ0) is 12.4. The highest BCUT2D eigenvalue weighted by molar-refractivity contribution is 6.31. The van der Waals surface area contributed by atoms with Crippen molar-refractivity contribution in [2.24, 2.45) is 0 Å². The summed E-state index contributed by atoms with van der Waals surface area (Å²) in [5, 5.41) is 14.3. The first kappa shape index (κ1) is 12.1. The molecule has 0 amide bonds. The summed E-state index contributed by atoms with van der Waals surface area (Å²) in [6.07, 6.45) is 1.76. The summed E-state index contributed by atoms with van der Waals surface area (Å²) in [4.78, 5) is 0. The Hall–Kier alpha value is -1.32. The van der Waals surface area contributed by atoms with Crippen molar-refractivity contribution in [3.05, 3.63) is 41.0 Å². The van der Waals surface area contributed by atoms with Crippen LogP contribution in [-0.2, 0) is 6.61 Å². The third-order valence-corrected chi connectivity index (χ3v) is 3.07. The van der Waals surface area contributed by atoms with E-state index in [4.69, 9.17) is 11.6 Å². The Labute approximate surface area is 106 Å². The normalized spacial score (nSPS) is 11.1. The standard InChI is InChI=1S/C13H15ClN2O/c1-9(2)16-13(6-7-15-16)10-4-3-5-12(14)11(10)8-17/h3-7,9,17H,8H2,1-2H3. The average molecular weight is 251 g/mol. The number of benzene rings is 1. The fourth-order valence-corrected chi connectivity index (χ4v) is 2.13. The topological polar surface area (TPSA) is 38.0 Å². The molecule has 1 N–H and O–H groups in total. The van der Waals surface area contributed by atoms with Crippen LogP contribution in [0.15, 0.2) is 30.5 Å². The van der Waals surface area contributed by atoms with Crippen LogP contribution in [0.3, 0.4) is 0 Å². The Bertz CT molecular complexity index is 520. The van der Waals surface area contributed by atoms with E-state index in [-0.39, 0.29) is 12.6 Å². The first-order valence-corrected chi connectivity index (χ1v) is 5.95. The number of rotatable bonds is 3. The molecule has 3 nitrogen and oxygen atoms in total. The van der Waals surface area contributed by atoms with Crippen molar-refractivity contribution >= 4 is 11.6 Å². The summed E-state index contributed by atoms with van der Waals surface area (Å²) in [6, 6.07) is 7.82. The zero-order valence-electron chi connectivity index (χ0n) is 9.89. The molecule has 0 aliphatic carbocycles. The van der Waals surface area contributed by atoms with E-state index in [1.807, 2.05) is 22.9 Å². The van der Waals surface area contributed by atoms with E-state index in [9.17, 15) is 5.11 Å². The van der Waals surface area contributed by atoms with Gasteiger partial charge in [0.25, 0.3) is 0 Å². The Balaban J connectivity index is 2.60. The summed E-state index contributed by atoms with van der Waals surface area (Å²) < 4.78 is 1.92. The number of hydrogen-bond acceptors (Lipinski definition) is 2. The lowest BCUT2D eigenvalue weighted by Gasteiger charge is -2.14. The Morgan fingerprint density at radius 1 is 1.35 bits per heavy atom. The van der Waals surface area contributed by atoms with E-state index in [2.05, 4.69) is 18.9 Å². The van der Waals surface area contributed by atoms with Crippen molar-refractivity contribution in [3.8, 4) is 11.3 Å². The number of aromatic nitrogens is 2. The minimum atomic E-state index is -0.0711. The maximum absolute atomic E-state index is 9.41. The van der Waals surface area contributed by atoms with Crippen molar-refractivity contribution < 1.29 is 5.11 Å². The van der Waals surface area contributed by atoms with Crippen LogP contribution in [-0.4, -0.2) is 14.9 Å². The van der Waals surface area contributed by atoms with Crippen LogP contribution in [0.1, 0.15) is 25.5 Å². The zero-order valence-corrected chi connectivity index (χ0v) is 10.6. The highest BCUT2D eigenvalue weighted by Gasteiger charge is 2.13. The van der Waals surface area contributed by atoms with Gasteiger partial charge in [-0.2, -0.15) is 5.10 Å². The molecule has 1 aromatic heterocycles. The van der Waals surface area contributed by atoms with Gasteiger partial charge in [0.2, 0.25) is 0 Å². The number of nitrogens with zero attached hydrogens (tertiary/aromatic N) is 2. The highest BCUT2D eigenvalue weighted by Crippen LogP contribution is 2.30.